The van der Waals surface area contributed by atoms with Crippen molar-refractivity contribution in [3.8, 4) is 0 Å². The molecule has 2 rings (SSSR count). The Morgan fingerprint density at radius 3 is 2.89 bits per heavy atom. The van der Waals surface area contributed by atoms with Crippen molar-refractivity contribution < 1.29 is 4.79 Å². The van der Waals surface area contributed by atoms with E-state index in [1.807, 2.05) is 4.90 Å². The van der Waals surface area contributed by atoms with Crippen LogP contribution < -0.4 is 5.32 Å². The number of hydrogen-bond donors (Lipinski definition) is 1. The summed E-state index contributed by atoms with van der Waals surface area (Å²) in [5.74, 6) is 0.702. The van der Waals surface area contributed by atoms with Crippen LogP contribution in [-0.4, -0.2) is 40.6 Å². The number of nitrogens with zero attached hydrogens (tertiary/aromatic N) is 3. The molecule has 0 bridgehead atoms. The van der Waals surface area contributed by atoms with E-state index in [1.165, 1.54) is 6.42 Å². The maximum atomic E-state index is 12.5. The highest BCUT2D eigenvalue weighted by Crippen LogP contribution is 2.22. The molecule has 1 amide bonds. The van der Waals surface area contributed by atoms with E-state index in [0.717, 1.165) is 32.2 Å². The van der Waals surface area contributed by atoms with Crippen LogP contribution in [0.2, 0.25) is 0 Å². The van der Waals surface area contributed by atoms with Crippen molar-refractivity contribution in [1.29, 1.82) is 0 Å². The summed E-state index contributed by atoms with van der Waals surface area (Å²) in [7, 11) is 1.79. The van der Waals surface area contributed by atoms with Crippen molar-refractivity contribution >= 4 is 11.7 Å². The zero-order valence-corrected chi connectivity index (χ0v) is 11.7. The van der Waals surface area contributed by atoms with Gasteiger partial charge in [0, 0.05) is 19.6 Å². The number of nitrogens with one attached hydrogen (secondary N) is 1. The van der Waals surface area contributed by atoms with Crippen molar-refractivity contribution in [1.82, 2.24) is 15.1 Å². The van der Waals surface area contributed by atoms with E-state index >= 15 is 0 Å². The Kier molecular flexibility index (Phi) is 4.71. The SMILES string of the molecule is CCCC1CCCCN1C(=O)c1ccc(NC)nn1. The molecular weight excluding hydrogens is 240 g/mol. The molecule has 1 fully saturated rings. The molecule has 1 aromatic rings. The van der Waals surface area contributed by atoms with Crippen LogP contribution in [0.15, 0.2) is 12.1 Å². The van der Waals surface area contributed by atoms with Gasteiger partial charge in [-0.1, -0.05) is 13.3 Å². The lowest BCUT2D eigenvalue weighted by molar-refractivity contribution is 0.0593. The predicted octanol–water partition coefficient (Wildman–Crippen LogP) is 2.31. The molecule has 2 heterocycles. The average Bonchev–Trinajstić information content (AvgIpc) is 2.47. The molecule has 0 aliphatic carbocycles. The maximum Gasteiger partial charge on any atom is 0.274 e. The quantitative estimate of drug-likeness (QED) is 0.904. The molecular formula is C14H22N4O. The molecule has 19 heavy (non-hydrogen) atoms. The fourth-order valence-electron chi connectivity index (χ4n) is 2.63. The minimum Gasteiger partial charge on any atom is -0.372 e. The molecule has 1 atom stereocenters. The number of likely N-dealkylation sites (tertiary alicyclic amines) is 1. The molecule has 5 nitrogen and oxygen atoms in total. The standard InChI is InChI=1S/C14H22N4O/c1-3-6-11-7-4-5-10-18(11)14(19)12-8-9-13(15-2)17-16-12/h8-9,11H,3-7,10H2,1-2H3,(H,15,17). The first-order valence-corrected chi connectivity index (χ1v) is 7.08. The molecule has 0 spiro atoms. The molecule has 1 saturated heterocycles. The maximum absolute atomic E-state index is 12.5. The van der Waals surface area contributed by atoms with E-state index < -0.39 is 0 Å². The molecule has 1 aliphatic heterocycles. The smallest absolute Gasteiger partial charge is 0.274 e. The Bertz CT molecular complexity index is 416. The first kappa shape index (κ1) is 13.8. The second-order valence-corrected chi connectivity index (χ2v) is 4.99. The molecule has 1 aliphatic rings. The van der Waals surface area contributed by atoms with Crippen molar-refractivity contribution in [2.75, 3.05) is 18.9 Å². The Morgan fingerprint density at radius 2 is 2.26 bits per heavy atom. The van der Waals surface area contributed by atoms with Gasteiger partial charge in [0.05, 0.1) is 0 Å². The van der Waals surface area contributed by atoms with Gasteiger partial charge in [-0.15, -0.1) is 10.2 Å². The fraction of sp³-hybridized carbons (Fsp3) is 0.643. The second kappa shape index (κ2) is 6.50. The third-order valence-electron chi connectivity index (χ3n) is 3.65. The third kappa shape index (κ3) is 3.22. The number of piperidine rings is 1. The van der Waals surface area contributed by atoms with Crippen LogP contribution in [0.5, 0.6) is 0 Å². The Balaban J connectivity index is 2.11. The second-order valence-electron chi connectivity index (χ2n) is 4.99. The van der Waals surface area contributed by atoms with Crippen LogP contribution in [0.1, 0.15) is 49.5 Å². The lowest BCUT2D eigenvalue weighted by Gasteiger charge is -2.35. The van der Waals surface area contributed by atoms with Crippen LogP contribution in [0.4, 0.5) is 5.82 Å². The fourth-order valence-corrected chi connectivity index (χ4v) is 2.63. The van der Waals surface area contributed by atoms with Gasteiger partial charge in [-0.25, -0.2) is 0 Å². The summed E-state index contributed by atoms with van der Waals surface area (Å²) in [5, 5.41) is 10.9. The first-order valence-electron chi connectivity index (χ1n) is 7.08. The van der Waals surface area contributed by atoms with E-state index in [4.69, 9.17) is 0 Å². The molecule has 0 saturated carbocycles. The molecule has 0 radical (unpaired) electrons. The zero-order valence-electron chi connectivity index (χ0n) is 11.7. The van der Waals surface area contributed by atoms with Crippen LogP contribution in [-0.2, 0) is 0 Å². The van der Waals surface area contributed by atoms with Gasteiger partial charge in [-0.3, -0.25) is 4.79 Å². The Labute approximate surface area is 114 Å². The molecule has 0 aromatic carbocycles. The van der Waals surface area contributed by atoms with Crippen molar-refractivity contribution in [2.24, 2.45) is 0 Å². The minimum absolute atomic E-state index is 0.0216. The van der Waals surface area contributed by atoms with Crippen molar-refractivity contribution in [3.05, 3.63) is 17.8 Å². The highest BCUT2D eigenvalue weighted by Gasteiger charge is 2.27. The molecule has 5 heteroatoms. The van der Waals surface area contributed by atoms with Crippen molar-refractivity contribution in [3.63, 3.8) is 0 Å². The number of aromatic nitrogens is 2. The largest absolute Gasteiger partial charge is 0.372 e. The number of carbonyl (C=O) groups excluding carboxylic acids is 1. The summed E-state index contributed by atoms with van der Waals surface area (Å²) in [4.78, 5) is 14.5. The van der Waals surface area contributed by atoms with Gasteiger partial charge in [0.2, 0.25) is 0 Å². The number of amides is 1. The third-order valence-corrected chi connectivity index (χ3v) is 3.65. The monoisotopic (exact) mass is 262 g/mol. The zero-order chi connectivity index (χ0) is 13.7. The molecule has 1 unspecified atom stereocenters. The summed E-state index contributed by atoms with van der Waals surface area (Å²) in [6.07, 6.45) is 5.61. The first-order chi connectivity index (χ1) is 9.26. The van der Waals surface area contributed by atoms with Crippen LogP contribution >= 0.6 is 0 Å². The summed E-state index contributed by atoms with van der Waals surface area (Å²) in [6.45, 7) is 3.01. The summed E-state index contributed by atoms with van der Waals surface area (Å²) >= 11 is 0. The van der Waals surface area contributed by atoms with E-state index in [9.17, 15) is 4.79 Å². The molecule has 104 valence electrons. The summed E-state index contributed by atoms with van der Waals surface area (Å²) in [5.41, 5.74) is 0.446. The number of hydrogen-bond acceptors (Lipinski definition) is 4. The lowest BCUT2D eigenvalue weighted by atomic mass is 9.98. The Morgan fingerprint density at radius 1 is 1.42 bits per heavy atom. The van der Waals surface area contributed by atoms with Gasteiger partial charge in [-0.2, -0.15) is 0 Å². The van der Waals surface area contributed by atoms with Crippen LogP contribution in [0.25, 0.3) is 0 Å². The van der Waals surface area contributed by atoms with Gasteiger partial charge in [0.25, 0.3) is 5.91 Å². The number of rotatable bonds is 4. The average molecular weight is 262 g/mol. The highest BCUT2D eigenvalue weighted by atomic mass is 16.2. The van der Waals surface area contributed by atoms with Gasteiger partial charge < -0.3 is 10.2 Å². The van der Waals surface area contributed by atoms with Gasteiger partial charge in [0.1, 0.15) is 5.82 Å². The predicted molar refractivity (Wildman–Crippen MR) is 75.2 cm³/mol. The molecule has 1 aromatic heterocycles. The summed E-state index contributed by atoms with van der Waals surface area (Å²) < 4.78 is 0. The van der Waals surface area contributed by atoms with E-state index in [-0.39, 0.29) is 5.91 Å². The summed E-state index contributed by atoms with van der Waals surface area (Å²) in [6, 6.07) is 3.91. The Hall–Kier alpha value is -1.65. The van der Waals surface area contributed by atoms with Gasteiger partial charge in [0.15, 0.2) is 5.69 Å². The van der Waals surface area contributed by atoms with Crippen LogP contribution in [0.3, 0.4) is 0 Å². The number of carbonyl (C=O) groups is 1. The molecule has 1 N–H and O–H groups in total. The topological polar surface area (TPSA) is 58.1 Å². The lowest BCUT2D eigenvalue weighted by Crippen LogP contribution is -2.44. The van der Waals surface area contributed by atoms with Crippen molar-refractivity contribution in [2.45, 2.75) is 45.1 Å². The minimum atomic E-state index is 0.0216. The highest BCUT2D eigenvalue weighted by molar-refractivity contribution is 5.92. The van der Waals surface area contributed by atoms with Gasteiger partial charge >= 0.3 is 0 Å². The van der Waals surface area contributed by atoms with E-state index in [1.54, 1.807) is 19.2 Å². The number of anilines is 1. The van der Waals surface area contributed by atoms with Gasteiger partial charge in [-0.05, 0) is 37.8 Å². The van der Waals surface area contributed by atoms with E-state index in [2.05, 4.69) is 22.4 Å². The normalized spacial score (nSPS) is 19.3. The van der Waals surface area contributed by atoms with E-state index in [0.29, 0.717) is 17.6 Å². The van der Waals surface area contributed by atoms with Crippen LogP contribution in [0, 0.1) is 0 Å².